The van der Waals surface area contributed by atoms with E-state index in [4.69, 9.17) is 0 Å². The summed E-state index contributed by atoms with van der Waals surface area (Å²) in [4.78, 5) is 13.2. The third kappa shape index (κ3) is 3.12. The van der Waals surface area contributed by atoms with Crippen LogP contribution in [0.1, 0.15) is 18.4 Å². The number of carbonyl (C=O) groups is 1. The molecule has 0 spiro atoms. The Morgan fingerprint density at radius 3 is 2.29 bits per heavy atom. The molecule has 0 unspecified atom stereocenters. The average Bonchev–Trinajstić information content (AvgIpc) is 2.39. The van der Waals surface area contributed by atoms with Crippen LogP contribution in [0.4, 0.5) is 4.79 Å². The zero-order valence-electron chi connectivity index (χ0n) is 9.95. The van der Waals surface area contributed by atoms with Crippen LogP contribution in [-0.2, 0) is 0 Å². The van der Waals surface area contributed by atoms with Crippen LogP contribution in [0.25, 0.3) is 3.58 Å². The highest BCUT2D eigenvalue weighted by molar-refractivity contribution is 14.1. The predicted octanol–water partition coefficient (Wildman–Crippen LogP) is 2.68. The van der Waals surface area contributed by atoms with Gasteiger partial charge in [0, 0.05) is 16.7 Å². The summed E-state index contributed by atoms with van der Waals surface area (Å²) in [5.41, 5.74) is 2.77. The summed E-state index contributed by atoms with van der Waals surface area (Å²) < 4.78 is 1.35. The summed E-state index contributed by atoms with van der Waals surface area (Å²) in [6, 6.07) is 10.5. The molecule has 17 heavy (non-hydrogen) atoms. The van der Waals surface area contributed by atoms with Crippen LogP contribution in [-0.4, -0.2) is 31.6 Å². The SMILES string of the molecule is BC(=O)N1CCC(=C(I)c2ccccc2)CC1. The zero-order chi connectivity index (χ0) is 12.3. The van der Waals surface area contributed by atoms with Gasteiger partial charge in [-0.25, -0.2) is 0 Å². The third-order valence-corrected chi connectivity index (χ3v) is 4.54. The number of nitrogens with zero attached hydrogens (tertiary/aromatic N) is 1. The number of amides is 1. The summed E-state index contributed by atoms with van der Waals surface area (Å²) in [5.74, 6) is 0.193. The van der Waals surface area contributed by atoms with E-state index in [9.17, 15) is 4.79 Å². The van der Waals surface area contributed by atoms with E-state index in [2.05, 4.69) is 46.9 Å². The molecule has 1 aliphatic heterocycles. The van der Waals surface area contributed by atoms with E-state index in [0.717, 1.165) is 25.9 Å². The van der Waals surface area contributed by atoms with Crippen molar-refractivity contribution in [3.05, 3.63) is 41.5 Å². The van der Waals surface area contributed by atoms with Crippen molar-refractivity contribution in [3.63, 3.8) is 0 Å². The van der Waals surface area contributed by atoms with E-state index in [0.29, 0.717) is 0 Å². The lowest BCUT2D eigenvalue weighted by Gasteiger charge is -2.28. The van der Waals surface area contributed by atoms with Crippen molar-refractivity contribution in [1.82, 2.24) is 4.90 Å². The topological polar surface area (TPSA) is 20.3 Å². The highest BCUT2D eigenvalue weighted by atomic mass is 127. The van der Waals surface area contributed by atoms with Gasteiger partial charge >= 0.3 is 0 Å². The number of piperidine rings is 1. The molecule has 0 saturated carbocycles. The fraction of sp³-hybridized carbons (Fsp3) is 0.308. The monoisotopic (exact) mass is 339 g/mol. The summed E-state index contributed by atoms with van der Waals surface area (Å²) in [7, 11) is 1.65. The van der Waals surface area contributed by atoms with Crippen LogP contribution >= 0.6 is 22.6 Å². The predicted molar refractivity (Wildman–Crippen MR) is 82.1 cm³/mol. The molecule has 1 heterocycles. The van der Waals surface area contributed by atoms with Gasteiger partial charge in [-0.3, -0.25) is 4.79 Å². The highest BCUT2D eigenvalue weighted by Crippen LogP contribution is 2.31. The molecule has 1 fully saturated rings. The van der Waals surface area contributed by atoms with E-state index in [1.165, 1.54) is 14.7 Å². The Bertz CT molecular complexity index is 434. The largest absolute Gasteiger partial charge is 0.351 e. The Labute approximate surface area is 117 Å². The standard InChI is InChI=1S/C13H15BINO/c14-13(17)16-8-6-11(7-9-16)12(15)10-4-2-1-3-5-10/h1-5H,6-9,14H2. The van der Waals surface area contributed by atoms with E-state index < -0.39 is 0 Å². The molecule has 1 aromatic rings. The molecule has 0 bridgehead atoms. The molecular formula is C13H15BINO. The molecule has 0 aromatic heterocycles. The number of halogens is 1. The van der Waals surface area contributed by atoms with E-state index >= 15 is 0 Å². The maximum Gasteiger partial charge on any atom is 0.215 e. The molecule has 1 aliphatic rings. The highest BCUT2D eigenvalue weighted by Gasteiger charge is 2.17. The van der Waals surface area contributed by atoms with Gasteiger partial charge < -0.3 is 4.90 Å². The molecule has 1 aromatic carbocycles. The maximum atomic E-state index is 11.3. The average molecular weight is 339 g/mol. The van der Waals surface area contributed by atoms with Crippen molar-refractivity contribution in [2.45, 2.75) is 12.8 Å². The molecule has 0 N–H and O–H groups in total. The molecule has 0 radical (unpaired) electrons. The van der Waals surface area contributed by atoms with Gasteiger partial charge in [-0.05, 0) is 41.0 Å². The molecule has 0 atom stereocenters. The lowest BCUT2D eigenvalue weighted by molar-refractivity contribution is 0.217. The Morgan fingerprint density at radius 2 is 1.76 bits per heavy atom. The van der Waals surface area contributed by atoms with Crippen molar-refractivity contribution < 1.29 is 4.79 Å². The van der Waals surface area contributed by atoms with Crippen LogP contribution in [0.15, 0.2) is 35.9 Å². The van der Waals surface area contributed by atoms with E-state index in [1.807, 2.05) is 11.0 Å². The van der Waals surface area contributed by atoms with Crippen LogP contribution in [0.5, 0.6) is 0 Å². The van der Waals surface area contributed by atoms with Crippen molar-refractivity contribution in [1.29, 1.82) is 0 Å². The molecule has 0 aliphatic carbocycles. The Hall–Kier alpha value is -0.775. The molecule has 2 nitrogen and oxygen atoms in total. The first-order chi connectivity index (χ1) is 8.18. The normalized spacial score (nSPS) is 15.8. The Kier molecular flexibility index (Phi) is 4.26. The molecule has 4 heteroatoms. The smallest absolute Gasteiger partial charge is 0.215 e. The summed E-state index contributed by atoms with van der Waals surface area (Å²) >= 11 is 2.43. The fourth-order valence-corrected chi connectivity index (χ4v) is 3.00. The lowest BCUT2D eigenvalue weighted by Crippen LogP contribution is -2.35. The fourth-order valence-electron chi connectivity index (χ4n) is 2.10. The second kappa shape index (κ2) is 5.71. The van der Waals surface area contributed by atoms with Crippen molar-refractivity contribution in [3.8, 4) is 0 Å². The summed E-state index contributed by atoms with van der Waals surface area (Å²) in [6.45, 7) is 1.73. The van der Waals surface area contributed by atoms with Gasteiger partial charge in [0.15, 0.2) is 5.81 Å². The lowest BCUT2D eigenvalue weighted by atomic mass is 9.98. The number of carbonyl (C=O) groups excluding carboxylic acids is 1. The zero-order valence-corrected chi connectivity index (χ0v) is 12.1. The van der Waals surface area contributed by atoms with Gasteiger partial charge in [0.2, 0.25) is 7.85 Å². The molecule has 88 valence electrons. The number of rotatable bonds is 1. The van der Waals surface area contributed by atoms with Crippen LogP contribution in [0, 0.1) is 0 Å². The number of hydrogen-bond acceptors (Lipinski definition) is 1. The first-order valence-corrected chi connectivity index (χ1v) is 6.95. The van der Waals surface area contributed by atoms with Crippen molar-refractivity contribution in [2.24, 2.45) is 0 Å². The van der Waals surface area contributed by atoms with Crippen LogP contribution in [0.2, 0.25) is 0 Å². The molecular weight excluding hydrogens is 324 g/mol. The Balaban J connectivity index is 2.11. The molecule has 2 rings (SSSR count). The van der Waals surface area contributed by atoms with Gasteiger partial charge in [0.25, 0.3) is 0 Å². The van der Waals surface area contributed by atoms with Crippen molar-refractivity contribution in [2.75, 3.05) is 13.1 Å². The second-order valence-electron chi connectivity index (χ2n) is 4.29. The minimum absolute atomic E-state index is 0.193. The van der Waals surface area contributed by atoms with Crippen LogP contribution in [0.3, 0.4) is 0 Å². The minimum atomic E-state index is 0.193. The number of likely N-dealkylation sites (tertiary alicyclic amines) is 1. The van der Waals surface area contributed by atoms with Gasteiger partial charge in [-0.15, -0.1) is 0 Å². The quantitative estimate of drug-likeness (QED) is 0.569. The third-order valence-electron chi connectivity index (χ3n) is 3.15. The first-order valence-electron chi connectivity index (χ1n) is 5.87. The van der Waals surface area contributed by atoms with E-state index in [1.54, 1.807) is 7.85 Å². The summed E-state index contributed by atoms with van der Waals surface area (Å²) in [5, 5.41) is 0. The minimum Gasteiger partial charge on any atom is -0.351 e. The summed E-state index contributed by atoms with van der Waals surface area (Å²) in [6.07, 6.45) is 2.01. The van der Waals surface area contributed by atoms with Gasteiger partial charge in [0.1, 0.15) is 0 Å². The molecule has 1 saturated heterocycles. The second-order valence-corrected chi connectivity index (χ2v) is 5.37. The van der Waals surface area contributed by atoms with Gasteiger partial charge in [-0.2, -0.15) is 0 Å². The number of benzene rings is 1. The first kappa shape index (κ1) is 12.7. The van der Waals surface area contributed by atoms with Gasteiger partial charge in [0.05, 0.1) is 0 Å². The molecule has 1 amide bonds. The van der Waals surface area contributed by atoms with Crippen molar-refractivity contribution >= 4 is 39.8 Å². The number of hydrogen-bond donors (Lipinski definition) is 0. The Morgan fingerprint density at radius 1 is 1.18 bits per heavy atom. The van der Waals surface area contributed by atoms with E-state index in [-0.39, 0.29) is 5.81 Å². The van der Waals surface area contributed by atoms with Crippen LogP contribution < -0.4 is 0 Å². The van der Waals surface area contributed by atoms with Gasteiger partial charge in [-0.1, -0.05) is 35.9 Å². The maximum absolute atomic E-state index is 11.3.